The first-order valence-electron chi connectivity index (χ1n) is 8.21. The number of hydrogen-bond donors (Lipinski definition) is 1. The Labute approximate surface area is 129 Å². The highest BCUT2D eigenvalue weighted by atomic mass is 16.5. The molecule has 1 saturated heterocycles. The molecule has 1 aromatic carbocycles. The van der Waals surface area contributed by atoms with E-state index in [0.29, 0.717) is 6.04 Å². The lowest BCUT2D eigenvalue weighted by Gasteiger charge is -2.37. The minimum atomic E-state index is 0.198. The molecule has 0 spiro atoms. The molecular formula is C18H30N2O. The van der Waals surface area contributed by atoms with Crippen LogP contribution in [0.5, 0.6) is 5.75 Å². The minimum absolute atomic E-state index is 0.198. The first-order valence-corrected chi connectivity index (χ1v) is 8.21. The molecule has 0 saturated carbocycles. The lowest BCUT2D eigenvalue weighted by atomic mass is 10.0. The van der Waals surface area contributed by atoms with Crippen molar-refractivity contribution in [3.8, 4) is 5.75 Å². The monoisotopic (exact) mass is 290 g/mol. The molecule has 1 fully saturated rings. The van der Waals surface area contributed by atoms with E-state index in [1.54, 1.807) is 0 Å². The Kier molecular flexibility index (Phi) is 6.07. The lowest BCUT2D eigenvalue weighted by Crippen LogP contribution is -2.50. The molecule has 1 aliphatic heterocycles. The number of ether oxygens (including phenoxy) is 1. The summed E-state index contributed by atoms with van der Waals surface area (Å²) in [6.45, 7) is 10.8. The van der Waals surface area contributed by atoms with E-state index in [4.69, 9.17) is 4.74 Å². The molecule has 1 aliphatic rings. The van der Waals surface area contributed by atoms with Gasteiger partial charge in [0.05, 0.1) is 0 Å². The largest absolute Gasteiger partial charge is 0.492 e. The molecule has 0 amide bonds. The Morgan fingerprint density at radius 2 is 1.95 bits per heavy atom. The molecule has 0 radical (unpaired) electrons. The van der Waals surface area contributed by atoms with Crippen molar-refractivity contribution in [1.82, 2.24) is 10.2 Å². The number of likely N-dealkylation sites (tertiary alicyclic amines) is 1. The van der Waals surface area contributed by atoms with Crippen molar-refractivity contribution in [3.05, 3.63) is 30.3 Å². The maximum atomic E-state index is 5.84. The van der Waals surface area contributed by atoms with Gasteiger partial charge in [-0.05, 0) is 52.3 Å². The predicted octanol–water partition coefficient (Wildman–Crippen LogP) is 3.31. The van der Waals surface area contributed by atoms with Crippen LogP contribution in [0.1, 0.15) is 40.0 Å². The fourth-order valence-electron chi connectivity index (χ4n) is 2.81. The van der Waals surface area contributed by atoms with Gasteiger partial charge in [-0.3, -0.25) is 4.90 Å². The lowest BCUT2D eigenvalue weighted by molar-refractivity contribution is 0.116. The van der Waals surface area contributed by atoms with Crippen LogP contribution >= 0.6 is 0 Å². The molecule has 2 rings (SSSR count). The van der Waals surface area contributed by atoms with Crippen LogP contribution in [0, 0.1) is 0 Å². The summed E-state index contributed by atoms with van der Waals surface area (Å²) in [5.41, 5.74) is 0.198. The topological polar surface area (TPSA) is 24.5 Å². The zero-order valence-electron chi connectivity index (χ0n) is 13.8. The molecule has 1 N–H and O–H groups in total. The summed E-state index contributed by atoms with van der Waals surface area (Å²) in [5.74, 6) is 0.971. The fraction of sp³-hybridized carbons (Fsp3) is 0.667. The molecule has 1 aromatic rings. The number of para-hydroxylation sites is 1. The van der Waals surface area contributed by atoms with E-state index in [-0.39, 0.29) is 5.54 Å². The van der Waals surface area contributed by atoms with E-state index in [1.807, 2.05) is 30.3 Å². The van der Waals surface area contributed by atoms with Crippen molar-refractivity contribution in [1.29, 1.82) is 0 Å². The zero-order valence-corrected chi connectivity index (χ0v) is 13.8. The predicted molar refractivity (Wildman–Crippen MR) is 88.9 cm³/mol. The highest BCUT2D eigenvalue weighted by molar-refractivity contribution is 5.20. The van der Waals surface area contributed by atoms with E-state index in [9.17, 15) is 0 Å². The highest BCUT2D eigenvalue weighted by Gasteiger charge is 2.23. The molecule has 0 aliphatic carbocycles. The van der Waals surface area contributed by atoms with Gasteiger partial charge in [-0.15, -0.1) is 0 Å². The van der Waals surface area contributed by atoms with Gasteiger partial charge >= 0.3 is 0 Å². The number of hydrogen-bond acceptors (Lipinski definition) is 3. The number of piperidine rings is 1. The molecule has 0 aromatic heterocycles. The Hall–Kier alpha value is -1.06. The Morgan fingerprint density at radius 3 is 2.67 bits per heavy atom. The van der Waals surface area contributed by atoms with Gasteiger partial charge in [-0.2, -0.15) is 0 Å². The summed E-state index contributed by atoms with van der Waals surface area (Å²) < 4.78 is 5.84. The van der Waals surface area contributed by atoms with Crippen molar-refractivity contribution in [2.75, 3.05) is 26.2 Å². The maximum Gasteiger partial charge on any atom is 0.119 e. The van der Waals surface area contributed by atoms with Crippen LogP contribution in [0.2, 0.25) is 0 Å². The summed E-state index contributed by atoms with van der Waals surface area (Å²) >= 11 is 0. The summed E-state index contributed by atoms with van der Waals surface area (Å²) in [6, 6.07) is 10.8. The van der Waals surface area contributed by atoms with Gasteiger partial charge < -0.3 is 10.1 Å². The van der Waals surface area contributed by atoms with Gasteiger partial charge in [0.25, 0.3) is 0 Å². The smallest absolute Gasteiger partial charge is 0.119 e. The SMILES string of the molecule is CC(C)(C)NCC1CCCCN1CCOc1ccccc1. The summed E-state index contributed by atoms with van der Waals surface area (Å²) in [4.78, 5) is 2.59. The quantitative estimate of drug-likeness (QED) is 0.870. The second-order valence-corrected chi connectivity index (χ2v) is 6.98. The molecule has 3 nitrogen and oxygen atoms in total. The molecule has 1 atom stereocenters. The third kappa shape index (κ3) is 6.06. The van der Waals surface area contributed by atoms with Crippen molar-refractivity contribution in [3.63, 3.8) is 0 Å². The van der Waals surface area contributed by atoms with Crippen LogP contribution in [0.15, 0.2) is 30.3 Å². The van der Waals surface area contributed by atoms with Crippen LogP contribution in [0.4, 0.5) is 0 Å². The van der Waals surface area contributed by atoms with Crippen LogP contribution in [-0.2, 0) is 0 Å². The third-order valence-corrected chi connectivity index (χ3v) is 4.01. The number of benzene rings is 1. The summed E-state index contributed by atoms with van der Waals surface area (Å²) in [5, 5.41) is 3.65. The van der Waals surface area contributed by atoms with Gasteiger partial charge in [-0.1, -0.05) is 24.6 Å². The van der Waals surface area contributed by atoms with Crippen LogP contribution in [0.3, 0.4) is 0 Å². The normalized spacial score (nSPS) is 20.4. The van der Waals surface area contributed by atoms with Crippen LogP contribution in [0.25, 0.3) is 0 Å². The Bertz CT molecular complexity index is 399. The highest BCUT2D eigenvalue weighted by Crippen LogP contribution is 2.17. The number of nitrogens with zero attached hydrogens (tertiary/aromatic N) is 1. The number of nitrogens with one attached hydrogen (secondary N) is 1. The maximum absolute atomic E-state index is 5.84. The molecule has 1 heterocycles. The van der Waals surface area contributed by atoms with E-state index >= 15 is 0 Å². The van der Waals surface area contributed by atoms with Gasteiger partial charge in [0, 0.05) is 24.7 Å². The van der Waals surface area contributed by atoms with Crippen LogP contribution < -0.4 is 10.1 Å². The summed E-state index contributed by atoms with van der Waals surface area (Å²) in [7, 11) is 0. The van der Waals surface area contributed by atoms with Gasteiger partial charge in [0.1, 0.15) is 12.4 Å². The van der Waals surface area contributed by atoms with E-state index in [1.165, 1.54) is 25.8 Å². The molecule has 0 bridgehead atoms. The number of rotatable bonds is 6. The molecule has 3 heteroatoms. The first kappa shape index (κ1) is 16.3. The van der Waals surface area contributed by atoms with Crippen molar-refractivity contribution in [2.45, 2.75) is 51.6 Å². The molecule has 1 unspecified atom stereocenters. The average molecular weight is 290 g/mol. The Morgan fingerprint density at radius 1 is 1.19 bits per heavy atom. The molecule has 21 heavy (non-hydrogen) atoms. The summed E-state index contributed by atoms with van der Waals surface area (Å²) in [6.07, 6.45) is 3.97. The van der Waals surface area contributed by atoms with Crippen molar-refractivity contribution in [2.24, 2.45) is 0 Å². The minimum Gasteiger partial charge on any atom is -0.492 e. The van der Waals surface area contributed by atoms with Gasteiger partial charge in [0.2, 0.25) is 0 Å². The standard InChI is InChI=1S/C18H30N2O/c1-18(2,3)19-15-16-9-7-8-12-20(16)13-14-21-17-10-5-4-6-11-17/h4-6,10-11,16,19H,7-9,12-15H2,1-3H3. The van der Waals surface area contributed by atoms with Crippen molar-refractivity contribution < 1.29 is 4.74 Å². The third-order valence-electron chi connectivity index (χ3n) is 4.01. The molecule has 118 valence electrons. The van der Waals surface area contributed by atoms with E-state index in [2.05, 4.69) is 31.0 Å². The van der Waals surface area contributed by atoms with Crippen LogP contribution in [-0.4, -0.2) is 42.7 Å². The van der Waals surface area contributed by atoms with Crippen molar-refractivity contribution >= 4 is 0 Å². The van der Waals surface area contributed by atoms with E-state index in [0.717, 1.165) is 25.4 Å². The van der Waals surface area contributed by atoms with Gasteiger partial charge in [0.15, 0.2) is 0 Å². The van der Waals surface area contributed by atoms with Gasteiger partial charge in [-0.25, -0.2) is 0 Å². The second kappa shape index (κ2) is 7.81. The molecular weight excluding hydrogens is 260 g/mol. The second-order valence-electron chi connectivity index (χ2n) is 6.98. The zero-order chi connectivity index (χ0) is 15.1. The average Bonchev–Trinajstić information content (AvgIpc) is 2.46. The first-order chi connectivity index (χ1) is 10.0. The Balaban J connectivity index is 1.76. The fourth-order valence-corrected chi connectivity index (χ4v) is 2.81. The van der Waals surface area contributed by atoms with E-state index < -0.39 is 0 Å².